The van der Waals surface area contributed by atoms with Crippen LogP contribution in [0.1, 0.15) is 39.0 Å². The second-order valence-electron chi connectivity index (χ2n) is 5.11. The van der Waals surface area contributed by atoms with E-state index in [9.17, 15) is 4.79 Å². The van der Waals surface area contributed by atoms with Crippen molar-refractivity contribution in [2.45, 2.75) is 56.7 Å². The lowest BCUT2D eigenvalue weighted by Gasteiger charge is -2.22. The van der Waals surface area contributed by atoms with Gasteiger partial charge in [-0.1, -0.05) is 0 Å². The van der Waals surface area contributed by atoms with Gasteiger partial charge in [0, 0.05) is 31.5 Å². The molecule has 1 spiro atoms. The number of carbonyl (C=O) groups excluding carboxylic acids is 1. The van der Waals surface area contributed by atoms with Crippen LogP contribution < -0.4 is 0 Å². The maximum atomic E-state index is 11.2. The fraction of sp³-hybridized carbons (Fsp3) is 0.909. The molecule has 0 bridgehead atoms. The minimum atomic E-state index is -0.0981. The first-order valence-electron chi connectivity index (χ1n) is 5.66. The molecule has 3 rings (SSSR count). The molecule has 1 saturated carbocycles. The third-order valence-electron chi connectivity index (χ3n) is 3.84. The molecule has 14 heavy (non-hydrogen) atoms. The van der Waals surface area contributed by atoms with Crippen LogP contribution >= 0.6 is 0 Å². The molecule has 0 amide bonds. The van der Waals surface area contributed by atoms with Gasteiger partial charge in [-0.25, -0.2) is 0 Å². The zero-order valence-corrected chi connectivity index (χ0v) is 8.66. The molecule has 2 atom stereocenters. The molecular weight excluding hydrogens is 178 g/mol. The summed E-state index contributed by atoms with van der Waals surface area (Å²) in [6, 6.07) is 1.40. The first-order valence-corrected chi connectivity index (χ1v) is 5.66. The minimum Gasteiger partial charge on any atom is -0.458 e. The lowest BCUT2D eigenvalue weighted by Crippen LogP contribution is -2.34. The van der Waals surface area contributed by atoms with Crippen LogP contribution in [0.5, 0.6) is 0 Å². The Morgan fingerprint density at radius 3 is 2.86 bits per heavy atom. The summed E-state index contributed by atoms with van der Waals surface area (Å²) in [6.45, 7) is 3.25. The highest BCUT2D eigenvalue weighted by atomic mass is 16.6. The van der Waals surface area contributed by atoms with Gasteiger partial charge in [0.15, 0.2) is 0 Å². The van der Waals surface area contributed by atoms with Crippen LogP contribution in [0, 0.1) is 0 Å². The van der Waals surface area contributed by atoms with Crippen LogP contribution in [0.15, 0.2) is 0 Å². The van der Waals surface area contributed by atoms with Crippen LogP contribution in [0.2, 0.25) is 0 Å². The topological polar surface area (TPSA) is 29.5 Å². The molecule has 0 aromatic rings. The zero-order chi connectivity index (χ0) is 9.76. The number of hydrogen-bond acceptors (Lipinski definition) is 3. The molecule has 3 fully saturated rings. The fourth-order valence-electron chi connectivity index (χ4n) is 3.03. The van der Waals surface area contributed by atoms with E-state index in [0.717, 1.165) is 25.4 Å². The van der Waals surface area contributed by atoms with Crippen LogP contribution in [-0.4, -0.2) is 35.1 Å². The average Bonchev–Trinajstić information content (AvgIpc) is 2.84. The van der Waals surface area contributed by atoms with Gasteiger partial charge in [0.05, 0.1) is 0 Å². The Labute approximate surface area is 84.4 Å². The van der Waals surface area contributed by atoms with Crippen molar-refractivity contribution in [3.63, 3.8) is 0 Å². The van der Waals surface area contributed by atoms with E-state index in [1.807, 2.05) is 0 Å². The Hall–Kier alpha value is -0.570. The number of nitrogens with zero attached hydrogens (tertiary/aromatic N) is 1. The van der Waals surface area contributed by atoms with Gasteiger partial charge in [0.2, 0.25) is 0 Å². The zero-order valence-electron chi connectivity index (χ0n) is 8.66. The lowest BCUT2D eigenvalue weighted by atomic mass is 9.97. The van der Waals surface area contributed by atoms with Crippen LogP contribution in [0.4, 0.5) is 0 Å². The largest absolute Gasteiger partial charge is 0.458 e. The van der Waals surface area contributed by atoms with Crippen molar-refractivity contribution in [3.8, 4) is 0 Å². The number of rotatable bonds is 1. The SMILES string of the molecule is CC1CC2(CCC(=O)O2)CN1C1CC1. The number of esters is 1. The van der Waals surface area contributed by atoms with Crippen molar-refractivity contribution < 1.29 is 9.53 Å². The number of ether oxygens (including phenoxy) is 1. The van der Waals surface area contributed by atoms with Crippen molar-refractivity contribution in [3.05, 3.63) is 0 Å². The maximum Gasteiger partial charge on any atom is 0.306 e. The molecule has 2 saturated heterocycles. The van der Waals surface area contributed by atoms with Crippen LogP contribution in [0.3, 0.4) is 0 Å². The summed E-state index contributed by atoms with van der Waals surface area (Å²) >= 11 is 0. The molecule has 0 aromatic heterocycles. The molecule has 1 aliphatic carbocycles. The quantitative estimate of drug-likeness (QED) is 0.591. The molecule has 2 heterocycles. The summed E-state index contributed by atoms with van der Waals surface area (Å²) in [4.78, 5) is 13.7. The van der Waals surface area contributed by atoms with Crippen molar-refractivity contribution in [2.75, 3.05) is 6.54 Å². The Bertz CT molecular complexity index is 274. The van der Waals surface area contributed by atoms with Gasteiger partial charge in [-0.2, -0.15) is 0 Å². The van der Waals surface area contributed by atoms with Crippen molar-refractivity contribution in [2.24, 2.45) is 0 Å². The van der Waals surface area contributed by atoms with E-state index in [4.69, 9.17) is 4.74 Å². The molecule has 2 aliphatic heterocycles. The fourth-order valence-corrected chi connectivity index (χ4v) is 3.03. The first-order chi connectivity index (χ1) is 6.69. The molecular formula is C11H17NO2. The lowest BCUT2D eigenvalue weighted by molar-refractivity contribution is -0.147. The van der Waals surface area contributed by atoms with E-state index in [2.05, 4.69) is 11.8 Å². The summed E-state index contributed by atoms with van der Waals surface area (Å²) < 4.78 is 5.51. The monoisotopic (exact) mass is 195 g/mol. The van der Waals surface area contributed by atoms with E-state index in [1.54, 1.807) is 0 Å². The van der Waals surface area contributed by atoms with E-state index in [1.165, 1.54) is 12.8 Å². The molecule has 3 heteroatoms. The highest BCUT2D eigenvalue weighted by Gasteiger charge is 2.51. The number of carbonyl (C=O) groups is 1. The summed E-state index contributed by atoms with van der Waals surface area (Å²) in [5.41, 5.74) is -0.0981. The predicted octanol–water partition coefficient (Wildman–Crippen LogP) is 1.32. The summed E-state index contributed by atoms with van der Waals surface area (Å²) in [7, 11) is 0. The number of hydrogen-bond donors (Lipinski definition) is 0. The Balaban J connectivity index is 1.75. The highest BCUT2D eigenvalue weighted by Crippen LogP contribution is 2.43. The van der Waals surface area contributed by atoms with E-state index >= 15 is 0 Å². The van der Waals surface area contributed by atoms with Crippen LogP contribution in [0.25, 0.3) is 0 Å². The smallest absolute Gasteiger partial charge is 0.306 e. The second-order valence-corrected chi connectivity index (χ2v) is 5.11. The van der Waals surface area contributed by atoms with E-state index < -0.39 is 0 Å². The molecule has 3 aliphatic rings. The maximum absolute atomic E-state index is 11.2. The van der Waals surface area contributed by atoms with Gasteiger partial charge in [-0.3, -0.25) is 9.69 Å². The normalized spacial score (nSPS) is 43.5. The molecule has 78 valence electrons. The van der Waals surface area contributed by atoms with Crippen molar-refractivity contribution in [1.29, 1.82) is 0 Å². The van der Waals surface area contributed by atoms with Gasteiger partial charge in [0.25, 0.3) is 0 Å². The Morgan fingerprint density at radius 2 is 2.29 bits per heavy atom. The van der Waals surface area contributed by atoms with Crippen molar-refractivity contribution in [1.82, 2.24) is 4.90 Å². The minimum absolute atomic E-state index is 0.00912. The molecule has 0 N–H and O–H groups in total. The van der Waals surface area contributed by atoms with E-state index in [-0.39, 0.29) is 11.6 Å². The molecule has 3 nitrogen and oxygen atoms in total. The van der Waals surface area contributed by atoms with Crippen molar-refractivity contribution >= 4 is 5.97 Å². The van der Waals surface area contributed by atoms with Gasteiger partial charge in [-0.05, 0) is 26.2 Å². The van der Waals surface area contributed by atoms with Crippen LogP contribution in [-0.2, 0) is 9.53 Å². The summed E-state index contributed by atoms with van der Waals surface area (Å²) in [6.07, 6.45) is 5.31. The third-order valence-corrected chi connectivity index (χ3v) is 3.84. The standard InChI is InChI=1S/C11H17NO2/c1-8-6-11(5-4-10(13)14-11)7-12(8)9-2-3-9/h8-9H,2-7H2,1H3. The second kappa shape index (κ2) is 2.72. The molecule has 0 aromatic carbocycles. The average molecular weight is 195 g/mol. The predicted molar refractivity (Wildman–Crippen MR) is 51.9 cm³/mol. The Kier molecular flexibility index (Phi) is 1.69. The molecule has 2 unspecified atom stereocenters. The first kappa shape index (κ1) is 8.72. The van der Waals surface area contributed by atoms with Gasteiger partial charge in [0.1, 0.15) is 5.60 Å². The van der Waals surface area contributed by atoms with E-state index in [0.29, 0.717) is 12.5 Å². The van der Waals surface area contributed by atoms with Gasteiger partial charge in [-0.15, -0.1) is 0 Å². The summed E-state index contributed by atoms with van der Waals surface area (Å²) in [5.74, 6) is 0.00912. The van der Waals surface area contributed by atoms with Gasteiger partial charge >= 0.3 is 5.97 Å². The third kappa shape index (κ3) is 1.26. The highest BCUT2D eigenvalue weighted by molar-refractivity contribution is 5.72. The number of likely N-dealkylation sites (tertiary alicyclic amines) is 1. The molecule has 0 radical (unpaired) electrons. The summed E-state index contributed by atoms with van der Waals surface area (Å²) in [5, 5.41) is 0. The van der Waals surface area contributed by atoms with Gasteiger partial charge < -0.3 is 4.74 Å². The Morgan fingerprint density at radius 1 is 1.50 bits per heavy atom.